The summed E-state index contributed by atoms with van der Waals surface area (Å²) >= 11 is 0. The van der Waals surface area contributed by atoms with Crippen molar-refractivity contribution in [1.82, 2.24) is 9.80 Å². The predicted octanol–water partition coefficient (Wildman–Crippen LogP) is 0.552. The highest BCUT2D eigenvalue weighted by Crippen LogP contribution is 2.21. The summed E-state index contributed by atoms with van der Waals surface area (Å²) in [5.41, 5.74) is 0. The fraction of sp³-hybridized carbons (Fsp3) is 1.00. The first-order chi connectivity index (χ1) is 8.15. The highest BCUT2D eigenvalue weighted by molar-refractivity contribution is 4.87. The van der Waals surface area contributed by atoms with Gasteiger partial charge in [-0.15, -0.1) is 0 Å². The molecule has 0 spiro atoms. The molecule has 0 amide bonds. The number of aliphatic hydroxyl groups is 1. The van der Waals surface area contributed by atoms with Gasteiger partial charge in [-0.25, -0.2) is 0 Å². The molecule has 0 aliphatic carbocycles. The molecule has 2 saturated heterocycles. The predicted molar refractivity (Wildman–Crippen MR) is 68.1 cm³/mol. The molecule has 2 aliphatic heterocycles. The summed E-state index contributed by atoms with van der Waals surface area (Å²) in [6.07, 6.45) is 2.54. The summed E-state index contributed by atoms with van der Waals surface area (Å²) in [6, 6.07) is 0.738. The van der Waals surface area contributed by atoms with E-state index in [2.05, 4.69) is 9.80 Å². The van der Waals surface area contributed by atoms with Crippen LogP contribution >= 0.6 is 0 Å². The number of ether oxygens (including phenoxy) is 1. The van der Waals surface area contributed by atoms with E-state index >= 15 is 0 Å². The van der Waals surface area contributed by atoms with Crippen LogP contribution in [0, 0.1) is 0 Å². The van der Waals surface area contributed by atoms with E-state index in [0.717, 1.165) is 25.7 Å². The van der Waals surface area contributed by atoms with Crippen LogP contribution in [0.1, 0.15) is 26.7 Å². The van der Waals surface area contributed by atoms with Gasteiger partial charge in [-0.1, -0.05) is 0 Å². The molecule has 4 nitrogen and oxygen atoms in total. The minimum Gasteiger partial charge on any atom is -0.389 e. The van der Waals surface area contributed by atoms with Gasteiger partial charge in [-0.2, -0.15) is 0 Å². The average Bonchev–Trinajstić information content (AvgIpc) is 2.73. The van der Waals surface area contributed by atoms with Gasteiger partial charge in [0.15, 0.2) is 0 Å². The Kier molecular flexibility index (Phi) is 4.79. The first-order valence-electron chi connectivity index (χ1n) is 6.91. The number of β-amino-alcohol motifs (C(OH)–C–C–N with tert-alkyl or cyclic N) is 1. The molecule has 0 aromatic rings. The fourth-order valence-corrected chi connectivity index (χ4v) is 2.88. The number of rotatable bonds is 5. The highest BCUT2D eigenvalue weighted by atomic mass is 16.5. The van der Waals surface area contributed by atoms with Crippen LogP contribution in [0.3, 0.4) is 0 Å². The van der Waals surface area contributed by atoms with Gasteiger partial charge in [0, 0.05) is 32.2 Å². The van der Waals surface area contributed by atoms with Gasteiger partial charge >= 0.3 is 0 Å². The van der Waals surface area contributed by atoms with E-state index in [0.29, 0.717) is 6.61 Å². The van der Waals surface area contributed by atoms with Crippen LogP contribution in [-0.4, -0.2) is 72.5 Å². The van der Waals surface area contributed by atoms with Crippen molar-refractivity contribution < 1.29 is 9.84 Å². The third kappa shape index (κ3) is 3.91. The molecule has 2 fully saturated rings. The number of hydrogen-bond acceptors (Lipinski definition) is 4. The van der Waals surface area contributed by atoms with E-state index in [-0.39, 0.29) is 12.2 Å². The van der Waals surface area contributed by atoms with E-state index in [1.54, 1.807) is 0 Å². The van der Waals surface area contributed by atoms with Gasteiger partial charge in [0.1, 0.15) is 0 Å². The third-order valence-corrected chi connectivity index (χ3v) is 3.76. The van der Waals surface area contributed by atoms with Gasteiger partial charge in [0.2, 0.25) is 0 Å². The average molecular weight is 242 g/mol. The number of hydrogen-bond donors (Lipinski definition) is 1. The summed E-state index contributed by atoms with van der Waals surface area (Å²) in [7, 11) is 0. The second-order valence-electron chi connectivity index (χ2n) is 5.63. The van der Waals surface area contributed by atoms with Crippen molar-refractivity contribution in [1.29, 1.82) is 0 Å². The minimum atomic E-state index is -0.342. The third-order valence-electron chi connectivity index (χ3n) is 3.76. The Morgan fingerprint density at radius 1 is 1.29 bits per heavy atom. The molecule has 1 N–H and O–H groups in total. The zero-order valence-electron chi connectivity index (χ0n) is 11.1. The van der Waals surface area contributed by atoms with Crippen LogP contribution in [0.2, 0.25) is 0 Å². The lowest BCUT2D eigenvalue weighted by Gasteiger charge is -2.38. The van der Waals surface area contributed by atoms with Crippen molar-refractivity contribution in [2.45, 2.75) is 44.9 Å². The lowest BCUT2D eigenvalue weighted by Crippen LogP contribution is -2.52. The summed E-state index contributed by atoms with van der Waals surface area (Å²) < 4.78 is 5.44. The monoisotopic (exact) mass is 242 g/mol. The zero-order valence-corrected chi connectivity index (χ0v) is 11.1. The Bertz CT molecular complexity index is 235. The standard InChI is InChI=1S/C13H26N2O2/c1-11(2)17-10-13(16)9-14-6-7-15-5-3-4-12(15)8-14/h11-13,16H,3-10H2,1-2H3. The van der Waals surface area contributed by atoms with E-state index in [9.17, 15) is 5.11 Å². The maximum absolute atomic E-state index is 9.91. The van der Waals surface area contributed by atoms with Gasteiger partial charge < -0.3 is 9.84 Å². The second-order valence-corrected chi connectivity index (χ2v) is 5.63. The number of piperazine rings is 1. The Balaban J connectivity index is 1.68. The van der Waals surface area contributed by atoms with Crippen LogP contribution in [0.5, 0.6) is 0 Å². The molecule has 2 aliphatic rings. The van der Waals surface area contributed by atoms with E-state index < -0.39 is 0 Å². The Labute approximate surface area is 105 Å². The van der Waals surface area contributed by atoms with Crippen molar-refractivity contribution in [2.75, 3.05) is 39.3 Å². The largest absolute Gasteiger partial charge is 0.389 e. The lowest BCUT2D eigenvalue weighted by atomic mass is 10.1. The Morgan fingerprint density at radius 2 is 2.12 bits per heavy atom. The maximum atomic E-state index is 9.91. The van der Waals surface area contributed by atoms with Gasteiger partial charge in [-0.05, 0) is 33.2 Å². The van der Waals surface area contributed by atoms with Crippen molar-refractivity contribution in [3.05, 3.63) is 0 Å². The van der Waals surface area contributed by atoms with Crippen LogP contribution in [-0.2, 0) is 4.74 Å². The molecule has 4 heteroatoms. The van der Waals surface area contributed by atoms with Crippen LogP contribution in [0.4, 0.5) is 0 Å². The van der Waals surface area contributed by atoms with E-state index in [4.69, 9.17) is 4.74 Å². The molecule has 2 atom stereocenters. The van der Waals surface area contributed by atoms with Crippen molar-refractivity contribution >= 4 is 0 Å². The molecule has 0 bridgehead atoms. The minimum absolute atomic E-state index is 0.205. The molecule has 2 rings (SSSR count). The quantitative estimate of drug-likeness (QED) is 0.764. The molecule has 0 aromatic heterocycles. The fourth-order valence-electron chi connectivity index (χ4n) is 2.88. The van der Waals surface area contributed by atoms with Gasteiger partial charge in [-0.3, -0.25) is 9.80 Å². The van der Waals surface area contributed by atoms with Crippen molar-refractivity contribution in [3.63, 3.8) is 0 Å². The first kappa shape index (κ1) is 13.3. The topological polar surface area (TPSA) is 35.9 Å². The summed E-state index contributed by atoms with van der Waals surface area (Å²) in [6.45, 7) is 9.89. The first-order valence-corrected chi connectivity index (χ1v) is 6.91. The van der Waals surface area contributed by atoms with Crippen LogP contribution in [0.15, 0.2) is 0 Å². The molecule has 17 heavy (non-hydrogen) atoms. The van der Waals surface area contributed by atoms with Crippen LogP contribution in [0.25, 0.3) is 0 Å². The molecule has 0 saturated carbocycles. The lowest BCUT2D eigenvalue weighted by molar-refractivity contribution is -0.0177. The Hall–Kier alpha value is -0.160. The molecule has 100 valence electrons. The maximum Gasteiger partial charge on any atom is 0.0900 e. The zero-order chi connectivity index (χ0) is 12.3. The number of aliphatic hydroxyl groups excluding tert-OH is 1. The second kappa shape index (κ2) is 6.14. The van der Waals surface area contributed by atoms with Crippen molar-refractivity contribution in [3.8, 4) is 0 Å². The molecular formula is C13H26N2O2. The summed E-state index contributed by atoms with van der Waals surface area (Å²) in [5, 5.41) is 9.91. The molecular weight excluding hydrogens is 216 g/mol. The van der Waals surface area contributed by atoms with Crippen molar-refractivity contribution in [2.24, 2.45) is 0 Å². The highest BCUT2D eigenvalue weighted by Gasteiger charge is 2.30. The van der Waals surface area contributed by atoms with Crippen LogP contribution < -0.4 is 0 Å². The number of fused-ring (bicyclic) bond motifs is 1. The van der Waals surface area contributed by atoms with Gasteiger partial charge in [0.05, 0.1) is 18.8 Å². The molecule has 2 heterocycles. The molecule has 0 radical (unpaired) electrons. The van der Waals surface area contributed by atoms with E-state index in [1.807, 2.05) is 13.8 Å². The number of nitrogens with zero attached hydrogens (tertiary/aromatic N) is 2. The smallest absolute Gasteiger partial charge is 0.0900 e. The van der Waals surface area contributed by atoms with Gasteiger partial charge in [0.25, 0.3) is 0 Å². The molecule has 0 aromatic carbocycles. The Morgan fingerprint density at radius 3 is 2.88 bits per heavy atom. The summed E-state index contributed by atoms with van der Waals surface area (Å²) in [4.78, 5) is 4.98. The SMILES string of the molecule is CC(C)OCC(O)CN1CCN2CCCC2C1. The normalized spacial score (nSPS) is 28.6. The molecule has 2 unspecified atom stereocenters. The van der Waals surface area contributed by atoms with E-state index in [1.165, 1.54) is 25.9 Å². The summed E-state index contributed by atoms with van der Waals surface area (Å²) in [5.74, 6) is 0.